The zero-order valence-electron chi connectivity index (χ0n) is 14.5. The van der Waals surface area contributed by atoms with Gasteiger partial charge in [-0.3, -0.25) is 5.32 Å². The van der Waals surface area contributed by atoms with Gasteiger partial charge in [0.25, 0.3) is 0 Å². The van der Waals surface area contributed by atoms with Gasteiger partial charge in [0, 0.05) is 17.6 Å². The van der Waals surface area contributed by atoms with E-state index in [0.29, 0.717) is 16.6 Å². The number of urea groups is 1. The van der Waals surface area contributed by atoms with Crippen LogP contribution in [-0.2, 0) is 0 Å². The fourth-order valence-electron chi connectivity index (χ4n) is 2.21. The Labute approximate surface area is 158 Å². The van der Waals surface area contributed by atoms with Crippen molar-refractivity contribution in [1.82, 2.24) is 4.98 Å². The zero-order valence-corrected chi connectivity index (χ0v) is 15.3. The first kappa shape index (κ1) is 18.5. The Hall–Kier alpha value is -3.33. The lowest BCUT2D eigenvalue weighted by Crippen LogP contribution is -2.19. The lowest BCUT2D eigenvalue weighted by Gasteiger charge is -2.15. The molecule has 0 aliphatic rings. The molecule has 7 nitrogen and oxygen atoms in total. The van der Waals surface area contributed by atoms with E-state index in [1.165, 1.54) is 43.8 Å². The molecule has 0 aliphatic heterocycles. The number of aromatic nitrogens is 1. The number of hydrogen-bond donors (Lipinski definition) is 2. The van der Waals surface area contributed by atoms with Gasteiger partial charge in [0.05, 0.1) is 19.9 Å². The first-order valence-electron chi connectivity index (χ1n) is 7.76. The quantitative estimate of drug-likeness (QED) is 0.637. The van der Waals surface area contributed by atoms with Crippen LogP contribution in [0.1, 0.15) is 0 Å². The van der Waals surface area contributed by atoms with Crippen molar-refractivity contribution in [2.75, 3.05) is 24.9 Å². The number of para-hydroxylation sites is 1. The minimum atomic E-state index is -0.602. The van der Waals surface area contributed by atoms with Crippen LogP contribution in [0.25, 0.3) is 0 Å². The van der Waals surface area contributed by atoms with Crippen molar-refractivity contribution >= 4 is 28.2 Å². The molecule has 0 aliphatic carbocycles. The molecule has 3 rings (SSSR count). The summed E-state index contributed by atoms with van der Waals surface area (Å²) in [5.41, 5.74) is 0.315. The Bertz CT molecular complexity index is 934. The molecule has 27 heavy (non-hydrogen) atoms. The van der Waals surface area contributed by atoms with Gasteiger partial charge in [0.15, 0.2) is 22.4 Å². The number of amides is 2. The summed E-state index contributed by atoms with van der Waals surface area (Å²) in [6.45, 7) is 0. The lowest BCUT2D eigenvalue weighted by atomic mass is 10.2. The molecule has 0 unspecified atom stereocenters. The SMILES string of the molecule is COc1ccc(NC(=O)Nc2nccs2)c(Oc2c(F)cccc2OC)c1. The van der Waals surface area contributed by atoms with Crippen molar-refractivity contribution in [2.45, 2.75) is 0 Å². The number of ether oxygens (including phenoxy) is 3. The molecule has 3 aromatic rings. The highest BCUT2D eigenvalue weighted by molar-refractivity contribution is 7.13. The number of rotatable bonds is 6. The van der Waals surface area contributed by atoms with Crippen LogP contribution in [0.4, 0.5) is 20.0 Å². The fraction of sp³-hybridized carbons (Fsp3) is 0.111. The number of hydrogen-bond acceptors (Lipinski definition) is 6. The Kier molecular flexibility index (Phi) is 5.72. The Morgan fingerprint density at radius 2 is 1.96 bits per heavy atom. The van der Waals surface area contributed by atoms with Crippen molar-refractivity contribution < 1.29 is 23.4 Å². The largest absolute Gasteiger partial charge is 0.497 e. The van der Waals surface area contributed by atoms with Crippen molar-refractivity contribution in [3.63, 3.8) is 0 Å². The maximum Gasteiger partial charge on any atom is 0.325 e. The fourth-order valence-corrected chi connectivity index (χ4v) is 2.74. The van der Waals surface area contributed by atoms with Crippen LogP contribution in [-0.4, -0.2) is 25.2 Å². The van der Waals surface area contributed by atoms with E-state index in [-0.39, 0.29) is 17.2 Å². The molecular weight excluding hydrogens is 373 g/mol. The first-order valence-corrected chi connectivity index (χ1v) is 8.64. The van der Waals surface area contributed by atoms with Gasteiger partial charge in [-0.25, -0.2) is 14.2 Å². The number of thiazole rings is 1. The number of nitrogens with zero attached hydrogens (tertiary/aromatic N) is 1. The number of benzene rings is 2. The van der Waals surface area contributed by atoms with Crippen molar-refractivity contribution in [1.29, 1.82) is 0 Å². The van der Waals surface area contributed by atoms with Gasteiger partial charge in [-0.2, -0.15) is 0 Å². The molecule has 1 aromatic heterocycles. The normalized spacial score (nSPS) is 10.2. The van der Waals surface area contributed by atoms with Crippen molar-refractivity contribution in [3.05, 3.63) is 53.8 Å². The van der Waals surface area contributed by atoms with Crippen LogP contribution in [0.5, 0.6) is 23.0 Å². The predicted octanol–water partition coefficient (Wildman–Crippen LogP) is 4.74. The molecule has 140 valence electrons. The lowest BCUT2D eigenvalue weighted by molar-refractivity contribution is 0.262. The number of anilines is 2. The molecule has 0 saturated heterocycles. The van der Waals surface area contributed by atoms with Crippen molar-refractivity contribution in [2.24, 2.45) is 0 Å². The zero-order chi connectivity index (χ0) is 19.2. The van der Waals surface area contributed by atoms with E-state index in [4.69, 9.17) is 14.2 Å². The number of nitrogens with one attached hydrogen (secondary N) is 2. The summed E-state index contributed by atoms with van der Waals surface area (Å²) >= 11 is 1.28. The second-order valence-corrected chi connectivity index (χ2v) is 6.05. The van der Waals surface area contributed by atoms with Gasteiger partial charge in [-0.15, -0.1) is 11.3 Å². The third kappa shape index (κ3) is 4.45. The highest BCUT2D eigenvalue weighted by Gasteiger charge is 2.16. The summed E-state index contributed by atoms with van der Waals surface area (Å²) < 4.78 is 30.2. The smallest absolute Gasteiger partial charge is 0.325 e. The average Bonchev–Trinajstić information content (AvgIpc) is 3.17. The average molecular weight is 389 g/mol. The van der Waals surface area contributed by atoms with E-state index in [1.54, 1.807) is 29.8 Å². The molecule has 0 atom stereocenters. The van der Waals surface area contributed by atoms with Crippen LogP contribution in [0.2, 0.25) is 0 Å². The molecule has 2 amide bonds. The second kappa shape index (κ2) is 8.37. The summed E-state index contributed by atoms with van der Waals surface area (Å²) in [6, 6.07) is 8.58. The number of carbonyl (C=O) groups is 1. The first-order chi connectivity index (χ1) is 13.1. The Balaban J connectivity index is 1.88. The van der Waals surface area contributed by atoms with Crippen LogP contribution in [0.3, 0.4) is 0 Å². The van der Waals surface area contributed by atoms with E-state index in [2.05, 4.69) is 15.6 Å². The van der Waals surface area contributed by atoms with E-state index in [9.17, 15) is 9.18 Å². The minimum absolute atomic E-state index is 0.100. The molecule has 0 saturated carbocycles. The third-order valence-corrected chi connectivity index (χ3v) is 4.14. The molecule has 0 radical (unpaired) electrons. The summed E-state index contributed by atoms with van der Waals surface area (Å²) in [5.74, 6) is 0.182. The van der Waals surface area contributed by atoms with Crippen LogP contribution < -0.4 is 24.8 Å². The molecule has 2 N–H and O–H groups in total. The van der Waals surface area contributed by atoms with Gasteiger partial charge in [-0.1, -0.05) is 6.07 Å². The molecule has 0 spiro atoms. The van der Waals surface area contributed by atoms with E-state index in [1.807, 2.05) is 0 Å². The van der Waals surface area contributed by atoms with Crippen LogP contribution in [0, 0.1) is 5.82 Å². The van der Waals surface area contributed by atoms with Gasteiger partial charge >= 0.3 is 6.03 Å². The topological polar surface area (TPSA) is 81.7 Å². The third-order valence-electron chi connectivity index (χ3n) is 3.45. The number of methoxy groups -OCH3 is 2. The number of carbonyl (C=O) groups excluding carboxylic acids is 1. The Morgan fingerprint density at radius 3 is 2.67 bits per heavy atom. The van der Waals surface area contributed by atoms with Gasteiger partial charge in [-0.05, 0) is 24.3 Å². The summed E-state index contributed by atoms with van der Waals surface area (Å²) in [4.78, 5) is 16.2. The van der Waals surface area contributed by atoms with Gasteiger partial charge in [0.2, 0.25) is 5.75 Å². The molecule has 0 bridgehead atoms. The van der Waals surface area contributed by atoms with Crippen molar-refractivity contribution in [3.8, 4) is 23.0 Å². The molecule has 1 heterocycles. The standard InChI is InChI=1S/C18H16FN3O4S/c1-24-11-6-7-13(21-17(23)22-18-20-8-9-27-18)15(10-11)26-16-12(19)4-3-5-14(16)25-2/h3-10H,1-2H3,(H2,20,21,22,23). The molecular formula is C18H16FN3O4S. The van der Waals surface area contributed by atoms with Crippen LogP contribution >= 0.6 is 11.3 Å². The molecule has 0 fully saturated rings. The summed E-state index contributed by atoms with van der Waals surface area (Å²) in [6.07, 6.45) is 1.58. The number of halogens is 1. The summed E-state index contributed by atoms with van der Waals surface area (Å²) in [5, 5.41) is 7.43. The van der Waals surface area contributed by atoms with Crippen LogP contribution in [0.15, 0.2) is 48.0 Å². The minimum Gasteiger partial charge on any atom is -0.497 e. The summed E-state index contributed by atoms with van der Waals surface area (Å²) in [7, 11) is 2.90. The van der Waals surface area contributed by atoms with Gasteiger partial charge < -0.3 is 19.5 Å². The van der Waals surface area contributed by atoms with E-state index < -0.39 is 11.8 Å². The van der Waals surface area contributed by atoms with E-state index in [0.717, 1.165) is 0 Å². The van der Waals surface area contributed by atoms with Gasteiger partial charge in [0.1, 0.15) is 5.75 Å². The maximum absolute atomic E-state index is 14.2. The Morgan fingerprint density at radius 1 is 1.11 bits per heavy atom. The highest BCUT2D eigenvalue weighted by Crippen LogP contribution is 2.38. The predicted molar refractivity (Wildman–Crippen MR) is 101 cm³/mol. The highest BCUT2D eigenvalue weighted by atomic mass is 32.1. The van der Waals surface area contributed by atoms with E-state index >= 15 is 0 Å². The monoisotopic (exact) mass is 389 g/mol. The second-order valence-electron chi connectivity index (χ2n) is 5.15. The molecule has 2 aromatic carbocycles. The maximum atomic E-state index is 14.2. The molecule has 9 heteroatoms.